The Balaban J connectivity index is 2.09. The minimum Gasteiger partial charge on any atom is -0.374 e. The van der Waals surface area contributed by atoms with Crippen molar-refractivity contribution in [2.75, 3.05) is 13.7 Å². The van der Waals surface area contributed by atoms with E-state index in [-0.39, 0.29) is 5.60 Å². The third-order valence-electron chi connectivity index (χ3n) is 3.72. The van der Waals surface area contributed by atoms with Crippen molar-refractivity contribution in [3.8, 4) is 0 Å². The standard InChI is InChI=1S/C12H22N4O/c1-4-16-11(14-9-15-16)8-10(13-3)12(2)6-5-7-17-12/h9-10,13H,4-8H2,1-3H3. The van der Waals surface area contributed by atoms with Crippen LogP contribution in [0.2, 0.25) is 0 Å². The number of hydrogen-bond donors (Lipinski definition) is 1. The van der Waals surface area contributed by atoms with Crippen LogP contribution in [0.3, 0.4) is 0 Å². The summed E-state index contributed by atoms with van der Waals surface area (Å²) in [5.74, 6) is 1.03. The third-order valence-corrected chi connectivity index (χ3v) is 3.72. The van der Waals surface area contributed by atoms with Gasteiger partial charge in [-0.3, -0.25) is 4.68 Å². The second kappa shape index (κ2) is 5.14. The lowest BCUT2D eigenvalue weighted by Crippen LogP contribution is -2.48. The van der Waals surface area contributed by atoms with Crippen molar-refractivity contribution in [3.63, 3.8) is 0 Å². The van der Waals surface area contributed by atoms with Crippen LogP contribution in [0.1, 0.15) is 32.5 Å². The van der Waals surface area contributed by atoms with E-state index in [2.05, 4.69) is 29.2 Å². The van der Waals surface area contributed by atoms with E-state index >= 15 is 0 Å². The molecule has 5 nitrogen and oxygen atoms in total. The first-order chi connectivity index (χ1) is 8.19. The van der Waals surface area contributed by atoms with Gasteiger partial charge in [-0.15, -0.1) is 0 Å². The number of nitrogens with one attached hydrogen (secondary N) is 1. The summed E-state index contributed by atoms with van der Waals surface area (Å²) in [7, 11) is 1.99. The summed E-state index contributed by atoms with van der Waals surface area (Å²) in [6.07, 6.45) is 4.75. The number of aryl methyl sites for hydroxylation is 1. The van der Waals surface area contributed by atoms with Crippen LogP contribution in [0, 0.1) is 0 Å². The lowest BCUT2D eigenvalue weighted by Gasteiger charge is -2.32. The Morgan fingerprint density at radius 2 is 2.47 bits per heavy atom. The average molecular weight is 238 g/mol. The van der Waals surface area contributed by atoms with Gasteiger partial charge in [0.15, 0.2) is 0 Å². The molecule has 96 valence electrons. The van der Waals surface area contributed by atoms with Crippen LogP contribution in [0.25, 0.3) is 0 Å². The van der Waals surface area contributed by atoms with Crippen molar-refractivity contribution in [3.05, 3.63) is 12.2 Å². The van der Waals surface area contributed by atoms with Crippen LogP contribution in [0.5, 0.6) is 0 Å². The maximum Gasteiger partial charge on any atom is 0.138 e. The molecule has 1 aliphatic heterocycles. The first kappa shape index (κ1) is 12.5. The summed E-state index contributed by atoms with van der Waals surface area (Å²) in [5.41, 5.74) is -0.0702. The number of rotatable bonds is 5. The van der Waals surface area contributed by atoms with Gasteiger partial charge in [-0.05, 0) is 33.7 Å². The molecular formula is C12H22N4O. The van der Waals surface area contributed by atoms with E-state index in [1.54, 1.807) is 6.33 Å². The van der Waals surface area contributed by atoms with Crippen LogP contribution >= 0.6 is 0 Å². The summed E-state index contributed by atoms with van der Waals surface area (Å²) >= 11 is 0. The van der Waals surface area contributed by atoms with Crippen LogP contribution in [0.4, 0.5) is 0 Å². The molecule has 1 saturated heterocycles. The zero-order chi connectivity index (χ0) is 12.3. The minimum atomic E-state index is -0.0702. The Bertz CT molecular complexity index is 357. The minimum absolute atomic E-state index is 0.0702. The monoisotopic (exact) mass is 238 g/mol. The zero-order valence-corrected chi connectivity index (χ0v) is 10.9. The number of hydrogen-bond acceptors (Lipinski definition) is 4. The Morgan fingerprint density at radius 3 is 3.06 bits per heavy atom. The van der Waals surface area contributed by atoms with Crippen LogP contribution in [-0.2, 0) is 17.7 Å². The van der Waals surface area contributed by atoms with Crippen molar-refractivity contribution < 1.29 is 4.74 Å². The quantitative estimate of drug-likeness (QED) is 0.831. The molecule has 0 aromatic carbocycles. The fourth-order valence-corrected chi connectivity index (χ4v) is 2.59. The molecule has 0 radical (unpaired) electrons. The number of nitrogens with zero attached hydrogens (tertiary/aromatic N) is 3. The van der Waals surface area contributed by atoms with Crippen molar-refractivity contribution >= 4 is 0 Å². The average Bonchev–Trinajstić information content (AvgIpc) is 2.95. The topological polar surface area (TPSA) is 52.0 Å². The van der Waals surface area contributed by atoms with E-state index in [0.29, 0.717) is 6.04 Å². The van der Waals surface area contributed by atoms with Gasteiger partial charge in [0.2, 0.25) is 0 Å². The highest BCUT2D eigenvalue weighted by atomic mass is 16.5. The largest absolute Gasteiger partial charge is 0.374 e. The molecule has 2 heterocycles. The molecule has 1 aliphatic rings. The maximum absolute atomic E-state index is 5.90. The fraction of sp³-hybridized carbons (Fsp3) is 0.833. The molecule has 2 atom stereocenters. The zero-order valence-electron chi connectivity index (χ0n) is 10.9. The summed E-state index contributed by atoms with van der Waals surface area (Å²) in [5, 5.41) is 7.58. The maximum atomic E-state index is 5.90. The number of likely N-dealkylation sites (N-methyl/N-ethyl adjacent to an activating group) is 1. The first-order valence-corrected chi connectivity index (χ1v) is 6.37. The smallest absolute Gasteiger partial charge is 0.138 e. The lowest BCUT2D eigenvalue weighted by atomic mass is 9.90. The second-order valence-electron chi connectivity index (χ2n) is 4.80. The van der Waals surface area contributed by atoms with Gasteiger partial charge >= 0.3 is 0 Å². The Kier molecular flexibility index (Phi) is 3.79. The molecule has 0 saturated carbocycles. The van der Waals surface area contributed by atoms with Gasteiger partial charge in [0.1, 0.15) is 12.2 Å². The van der Waals surface area contributed by atoms with Gasteiger partial charge in [0.05, 0.1) is 5.60 Å². The molecule has 5 heteroatoms. The first-order valence-electron chi connectivity index (χ1n) is 6.37. The van der Waals surface area contributed by atoms with Gasteiger partial charge in [-0.1, -0.05) is 0 Å². The molecule has 1 aromatic rings. The highest BCUT2D eigenvalue weighted by Crippen LogP contribution is 2.29. The fourth-order valence-electron chi connectivity index (χ4n) is 2.59. The van der Waals surface area contributed by atoms with Crippen molar-refractivity contribution in [2.24, 2.45) is 0 Å². The van der Waals surface area contributed by atoms with Crippen LogP contribution in [0.15, 0.2) is 6.33 Å². The molecule has 2 rings (SSSR count). The summed E-state index contributed by atoms with van der Waals surface area (Å²) in [4.78, 5) is 4.33. The van der Waals surface area contributed by atoms with E-state index in [4.69, 9.17) is 4.74 Å². The Labute approximate surface area is 103 Å². The van der Waals surface area contributed by atoms with Gasteiger partial charge in [0.25, 0.3) is 0 Å². The molecule has 0 aliphatic carbocycles. The molecule has 17 heavy (non-hydrogen) atoms. The van der Waals surface area contributed by atoms with Crippen molar-refractivity contribution in [2.45, 2.75) is 51.3 Å². The normalized spacial score (nSPS) is 26.3. The molecule has 1 fully saturated rings. The predicted molar refractivity (Wildman–Crippen MR) is 65.8 cm³/mol. The Hall–Kier alpha value is -0.940. The van der Waals surface area contributed by atoms with E-state index in [1.165, 1.54) is 0 Å². The van der Waals surface area contributed by atoms with Gasteiger partial charge in [-0.25, -0.2) is 4.98 Å². The van der Waals surface area contributed by atoms with Crippen molar-refractivity contribution in [1.29, 1.82) is 0 Å². The highest BCUT2D eigenvalue weighted by Gasteiger charge is 2.38. The lowest BCUT2D eigenvalue weighted by molar-refractivity contribution is -0.0102. The second-order valence-corrected chi connectivity index (χ2v) is 4.80. The molecule has 0 bridgehead atoms. The number of ether oxygens (including phenoxy) is 1. The molecular weight excluding hydrogens is 216 g/mol. The van der Waals surface area contributed by atoms with E-state index < -0.39 is 0 Å². The molecule has 1 aromatic heterocycles. The molecule has 0 amide bonds. The predicted octanol–water partition coefficient (Wildman–Crippen LogP) is 0.998. The molecule has 2 unspecified atom stereocenters. The summed E-state index contributed by atoms with van der Waals surface area (Å²) < 4.78 is 7.84. The van der Waals surface area contributed by atoms with E-state index in [9.17, 15) is 0 Å². The van der Waals surface area contributed by atoms with Gasteiger partial charge in [-0.2, -0.15) is 5.10 Å². The summed E-state index contributed by atoms with van der Waals surface area (Å²) in [6, 6.07) is 0.291. The highest BCUT2D eigenvalue weighted by molar-refractivity contribution is 4.99. The van der Waals surface area contributed by atoms with Crippen LogP contribution in [-0.4, -0.2) is 40.1 Å². The van der Waals surface area contributed by atoms with E-state index in [1.807, 2.05) is 11.7 Å². The third kappa shape index (κ3) is 2.50. The summed E-state index contributed by atoms with van der Waals surface area (Å²) in [6.45, 7) is 6.01. The van der Waals surface area contributed by atoms with Crippen molar-refractivity contribution in [1.82, 2.24) is 20.1 Å². The van der Waals surface area contributed by atoms with Gasteiger partial charge in [0, 0.05) is 25.6 Å². The number of aromatic nitrogens is 3. The Morgan fingerprint density at radius 1 is 1.65 bits per heavy atom. The SMILES string of the molecule is CCn1ncnc1CC(NC)C1(C)CCCO1. The molecule has 0 spiro atoms. The molecule has 1 N–H and O–H groups in total. The van der Waals surface area contributed by atoms with E-state index in [0.717, 1.165) is 38.2 Å². The van der Waals surface area contributed by atoms with Crippen LogP contribution < -0.4 is 5.32 Å². The van der Waals surface area contributed by atoms with Gasteiger partial charge < -0.3 is 10.1 Å².